The molecule has 0 aromatic carbocycles. The molecule has 0 saturated carbocycles. The number of piperidine rings is 1. The summed E-state index contributed by atoms with van der Waals surface area (Å²) in [6, 6.07) is 0. The first-order valence-corrected chi connectivity index (χ1v) is 10.2. The molecular formula is C18H24N4O3S. The van der Waals surface area contributed by atoms with Crippen LogP contribution < -0.4 is 5.32 Å². The van der Waals surface area contributed by atoms with Crippen molar-refractivity contribution in [3.63, 3.8) is 0 Å². The van der Waals surface area contributed by atoms with Gasteiger partial charge in [-0.05, 0) is 38.8 Å². The third kappa shape index (κ3) is 4.31. The highest BCUT2D eigenvalue weighted by Crippen LogP contribution is 2.26. The van der Waals surface area contributed by atoms with Gasteiger partial charge < -0.3 is 9.15 Å². The molecule has 0 radical (unpaired) electrons. The molecule has 26 heavy (non-hydrogen) atoms. The van der Waals surface area contributed by atoms with Gasteiger partial charge in [0.05, 0.1) is 5.69 Å². The van der Waals surface area contributed by atoms with Gasteiger partial charge in [-0.2, -0.15) is 0 Å². The Morgan fingerprint density at radius 3 is 2.85 bits per heavy atom. The Hall–Kier alpha value is -1.77. The van der Waals surface area contributed by atoms with Crippen molar-refractivity contribution < 1.29 is 13.9 Å². The highest BCUT2D eigenvalue weighted by Gasteiger charge is 2.23. The van der Waals surface area contributed by atoms with Crippen LogP contribution in [-0.2, 0) is 11.3 Å². The summed E-state index contributed by atoms with van der Waals surface area (Å²) >= 11 is 1.45. The summed E-state index contributed by atoms with van der Waals surface area (Å²) in [5.41, 5.74) is 1.31. The predicted molar refractivity (Wildman–Crippen MR) is 98.5 cm³/mol. The van der Waals surface area contributed by atoms with Gasteiger partial charge in [0.25, 0.3) is 5.91 Å². The molecule has 0 bridgehead atoms. The highest BCUT2D eigenvalue weighted by molar-refractivity contribution is 7.13. The first-order chi connectivity index (χ1) is 12.8. The third-order valence-electron chi connectivity index (χ3n) is 4.93. The van der Waals surface area contributed by atoms with E-state index in [9.17, 15) is 4.79 Å². The van der Waals surface area contributed by atoms with Crippen LogP contribution in [0, 0.1) is 0 Å². The molecule has 140 valence electrons. The Morgan fingerprint density at radius 1 is 1.23 bits per heavy atom. The number of hydrogen-bond donors (Lipinski definition) is 1. The molecule has 4 heterocycles. The maximum atomic E-state index is 12.4. The van der Waals surface area contributed by atoms with E-state index in [2.05, 4.69) is 20.2 Å². The second-order valence-electron chi connectivity index (χ2n) is 6.89. The first-order valence-electron chi connectivity index (χ1n) is 9.29. The summed E-state index contributed by atoms with van der Waals surface area (Å²) in [6.45, 7) is 4.55. The third-order valence-corrected chi connectivity index (χ3v) is 5.74. The summed E-state index contributed by atoms with van der Waals surface area (Å²) in [4.78, 5) is 23.7. The number of anilines is 1. The SMILES string of the molecule is O=C(Nc1nc(CN2CCCCC2)cs1)c1coc(C2CCOCC2)n1. The van der Waals surface area contributed by atoms with Crippen LogP contribution in [-0.4, -0.2) is 47.1 Å². The predicted octanol–water partition coefficient (Wildman–Crippen LogP) is 3.26. The van der Waals surface area contributed by atoms with Gasteiger partial charge in [0.2, 0.25) is 0 Å². The lowest BCUT2D eigenvalue weighted by molar-refractivity contribution is 0.0794. The fourth-order valence-electron chi connectivity index (χ4n) is 3.47. The van der Waals surface area contributed by atoms with E-state index >= 15 is 0 Å². The number of rotatable bonds is 5. The van der Waals surface area contributed by atoms with E-state index in [1.54, 1.807) is 0 Å². The van der Waals surface area contributed by atoms with Crippen LogP contribution in [0.25, 0.3) is 0 Å². The lowest BCUT2D eigenvalue weighted by Crippen LogP contribution is -2.29. The molecule has 1 amide bonds. The van der Waals surface area contributed by atoms with Crippen LogP contribution in [0.15, 0.2) is 16.1 Å². The molecule has 7 nitrogen and oxygen atoms in total. The first kappa shape index (κ1) is 17.6. The van der Waals surface area contributed by atoms with Gasteiger partial charge in [-0.1, -0.05) is 6.42 Å². The molecule has 2 aromatic rings. The fourth-order valence-corrected chi connectivity index (χ4v) is 4.17. The molecule has 2 aliphatic rings. The van der Waals surface area contributed by atoms with Crippen LogP contribution in [0.4, 0.5) is 5.13 Å². The number of carbonyl (C=O) groups excluding carboxylic acids is 1. The van der Waals surface area contributed by atoms with Crippen molar-refractivity contribution in [3.05, 3.63) is 28.9 Å². The Kier molecular flexibility index (Phi) is 5.62. The maximum absolute atomic E-state index is 12.4. The number of thiazole rings is 1. The van der Waals surface area contributed by atoms with Gasteiger partial charge in [0.15, 0.2) is 16.7 Å². The van der Waals surface area contributed by atoms with Crippen molar-refractivity contribution >= 4 is 22.4 Å². The number of amides is 1. The zero-order chi connectivity index (χ0) is 17.8. The van der Waals surface area contributed by atoms with Crippen molar-refractivity contribution in [1.82, 2.24) is 14.9 Å². The van der Waals surface area contributed by atoms with Crippen LogP contribution in [0.1, 0.15) is 60.1 Å². The Balaban J connectivity index is 1.33. The Bertz CT molecular complexity index is 732. The average Bonchev–Trinajstić information content (AvgIpc) is 3.33. The van der Waals surface area contributed by atoms with Crippen molar-refractivity contribution in [2.24, 2.45) is 0 Å². The maximum Gasteiger partial charge on any atom is 0.279 e. The van der Waals surface area contributed by atoms with Gasteiger partial charge in [0, 0.05) is 31.1 Å². The molecule has 2 aliphatic heterocycles. The van der Waals surface area contributed by atoms with E-state index in [1.165, 1.54) is 36.9 Å². The van der Waals surface area contributed by atoms with E-state index in [1.807, 2.05) is 5.38 Å². The Labute approximate surface area is 156 Å². The highest BCUT2D eigenvalue weighted by atomic mass is 32.1. The second-order valence-corrected chi connectivity index (χ2v) is 7.75. The Morgan fingerprint density at radius 2 is 2.04 bits per heavy atom. The summed E-state index contributed by atoms with van der Waals surface area (Å²) in [5, 5.41) is 5.46. The molecule has 8 heteroatoms. The molecule has 0 atom stereocenters. The van der Waals surface area contributed by atoms with Gasteiger partial charge in [-0.15, -0.1) is 11.3 Å². The molecule has 2 saturated heterocycles. The minimum Gasteiger partial charge on any atom is -0.448 e. The van der Waals surface area contributed by atoms with Crippen molar-refractivity contribution in [3.8, 4) is 0 Å². The van der Waals surface area contributed by atoms with Gasteiger partial charge >= 0.3 is 0 Å². The van der Waals surface area contributed by atoms with Gasteiger partial charge in [-0.25, -0.2) is 9.97 Å². The normalized spacial score (nSPS) is 19.5. The number of aromatic nitrogens is 2. The summed E-state index contributed by atoms with van der Waals surface area (Å²) in [7, 11) is 0. The molecule has 2 aromatic heterocycles. The minimum atomic E-state index is -0.272. The zero-order valence-electron chi connectivity index (χ0n) is 14.8. The molecule has 0 aliphatic carbocycles. The standard InChI is InChI=1S/C18H24N4O3S/c23-16(15-11-25-17(20-15)13-4-8-24-9-5-13)21-18-19-14(12-26-18)10-22-6-2-1-3-7-22/h11-13H,1-10H2,(H,19,21,23). The van der Waals surface area contributed by atoms with E-state index in [0.717, 1.165) is 38.2 Å². The summed E-state index contributed by atoms with van der Waals surface area (Å²) < 4.78 is 10.9. The van der Waals surface area contributed by atoms with E-state index < -0.39 is 0 Å². The van der Waals surface area contributed by atoms with Crippen molar-refractivity contribution in [2.45, 2.75) is 44.6 Å². The monoisotopic (exact) mass is 376 g/mol. The molecule has 1 N–H and O–H groups in total. The van der Waals surface area contributed by atoms with E-state index in [-0.39, 0.29) is 11.8 Å². The fraction of sp³-hybridized carbons (Fsp3) is 0.611. The lowest BCUT2D eigenvalue weighted by atomic mass is 10.0. The molecular weight excluding hydrogens is 352 g/mol. The number of nitrogens with one attached hydrogen (secondary N) is 1. The number of ether oxygens (including phenoxy) is 1. The number of likely N-dealkylation sites (tertiary alicyclic amines) is 1. The lowest BCUT2D eigenvalue weighted by Gasteiger charge is -2.25. The van der Waals surface area contributed by atoms with E-state index in [4.69, 9.17) is 9.15 Å². The summed E-state index contributed by atoms with van der Waals surface area (Å²) in [5.74, 6) is 0.593. The average molecular weight is 376 g/mol. The number of carbonyl (C=O) groups is 1. The molecule has 0 unspecified atom stereocenters. The largest absolute Gasteiger partial charge is 0.448 e. The molecule has 2 fully saturated rings. The number of nitrogens with zero attached hydrogens (tertiary/aromatic N) is 3. The smallest absolute Gasteiger partial charge is 0.279 e. The zero-order valence-corrected chi connectivity index (χ0v) is 15.6. The van der Waals surface area contributed by atoms with Crippen molar-refractivity contribution in [2.75, 3.05) is 31.6 Å². The number of oxazole rings is 1. The topological polar surface area (TPSA) is 80.5 Å². The second kappa shape index (κ2) is 8.28. The number of hydrogen-bond acceptors (Lipinski definition) is 7. The van der Waals surface area contributed by atoms with Gasteiger partial charge in [0.1, 0.15) is 6.26 Å². The van der Waals surface area contributed by atoms with Crippen LogP contribution in [0.3, 0.4) is 0 Å². The van der Waals surface area contributed by atoms with Crippen LogP contribution in [0.2, 0.25) is 0 Å². The van der Waals surface area contributed by atoms with Crippen molar-refractivity contribution in [1.29, 1.82) is 0 Å². The van der Waals surface area contributed by atoms with Crippen LogP contribution >= 0.6 is 11.3 Å². The van der Waals surface area contributed by atoms with Gasteiger partial charge in [-0.3, -0.25) is 15.0 Å². The van der Waals surface area contributed by atoms with E-state index in [0.29, 0.717) is 29.9 Å². The minimum absolute atomic E-state index is 0.237. The van der Waals surface area contributed by atoms with Crippen LogP contribution in [0.5, 0.6) is 0 Å². The quantitative estimate of drug-likeness (QED) is 0.863. The molecule has 0 spiro atoms. The molecule has 4 rings (SSSR count). The summed E-state index contributed by atoms with van der Waals surface area (Å²) in [6.07, 6.45) is 7.04.